The number of hydrogen-bond acceptors (Lipinski definition) is 7. The number of rotatable bonds is 10. The monoisotopic (exact) mass is 598 g/mol. The van der Waals surface area contributed by atoms with Crippen LogP contribution >= 0.6 is 10.8 Å². The quantitative estimate of drug-likeness (QED) is 0.237. The number of fused-ring (bicyclic) bond motifs is 1. The van der Waals surface area contributed by atoms with E-state index in [-0.39, 0.29) is 43.4 Å². The molecule has 2 atom stereocenters. The predicted molar refractivity (Wildman–Crippen MR) is 165 cm³/mol. The first-order valence-electron chi connectivity index (χ1n) is 14.4. The van der Waals surface area contributed by atoms with Gasteiger partial charge in [-0.2, -0.15) is 4.31 Å². The lowest BCUT2D eigenvalue weighted by atomic mass is 9.82. The van der Waals surface area contributed by atoms with Gasteiger partial charge in [0.05, 0.1) is 19.6 Å². The van der Waals surface area contributed by atoms with E-state index in [0.29, 0.717) is 30.2 Å². The van der Waals surface area contributed by atoms with Crippen LogP contribution in [0.4, 0.5) is 4.39 Å². The third-order valence-corrected chi connectivity index (χ3v) is 9.66. The molecule has 0 aromatic heterocycles. The Morgan fingerprint density at radius 3 is 2.52 bits per heavy atom. The zero-order valence-electron chi connectivity index (χ0n) is 25.4. The van der Waals surface area contributed by atoms with Crippen LogP contribution in [0.5, 0.6) is 5.75 Å². The van der Waals surface area contributed by atoms with Crippen LogP contribution in [0.1, 0.15) is 66.0 Å². The zero-order chi connectivity index (χ0) is 30.6. The lowest BCUT2D eigenvalue weighted by Crippen LogP contribution is -2.34. The lowest BCUT2D eigenvalue weighted by molar-refractivity contribution is -0.143. The Balaban J connectivity index is 1.79. The van der Waals surface area contributed by atoms with E-state index >= 15 is 0 Å². The van der Waals surface area contributed by atoms with Crippen molar-refractivity contribution in [3.8, 4) is 5.75 Å². The summed E-state index contributed by atoms with van der Waals surface area (Å²) in [5.74, 6) is -0.528. The van der Waals surface area contributed by atoms with Gasteiger partial charge in [0.1, 0.15) is 22.6 Å². The van der Waals surface area contributed by atoms with Crippen LogP contribution in [-0.2, 0) is 22.6 Å². The van der Waals surface area contributed by atoms with Crippen LogP contribution in [-0.4, -0.2) is 57.6 Å². The van der Waals surface area contributed by atoms with Gasteiger partial charge in [-0.25, -0.2) is 4.39 Å². The first-order chi connectivity index (χ1) is 19.9. The van der Waals surface area contributed by atoms with Gasteiger partial charge in [-0.15, -0.1) is 10.8 Å². The van der Waals surface area contributed by atoms with E-state index in [0.717, 1.165) is 33.4 Å². The van der Waals surface area contributed by atoms with Gasteiger partial charge in [0, 0.05) is 19.0 Å². The third kappa shape index (κ3) is 7.15. The van der Waals surface area contributed by atoms with Crippen molar-refractivity contribution in [1.29, 1.82) is 0 Å². The minimum atomic E-state index is -3.33. The molecule has 0 spiro atoms. The molecule has 1 heterocycles. The summed E-state index contributed by atoms with van der Waals surface area (Å²) in [5.41, 5.74) is 5.26. The summed E-state index contributed by atoms with van der Waals surface area (Å²) < 4.78 is 50.9. The second-order valence-corrected chi connectivity index (χ2v) is 13.2. The molecule has 1 unspecified atom stereocenters. The van der Waals surface area contributed by atoms with Crippen LogP contribution < -0.4 is 4.74 Å². The van der Waals surface area contributed by atoms with Gasteiger partial charge in [0.2, 0.25) is 0 Å². The summed E-state index contributed by atoms with van der Waals surface area (Å²) >= 11 is 0. The molecule has 0 saturated carbocycles. The SMILES string of the molecule is CCOC(=O)CC(c1ccc(C)c(CN2C[C@@H](CC)Oc3ccccc3S2(O)O)c1)c1c(C)cc(F)cc1CN(C)C. The maximum absolute atomic E-state index is 14.6. The van der Waals surface area contributed by atoms with E-state index in [1.807, 2.05) is 64.0 Å². The van der Waals surface area contributed by atoms with Crippen molar-refractivity contribution in [2.45, 2.75) is 70.5 Å². The first-order valence-corrected chi connectivity index (χ1v) is 15.9. The predicted octanol–water partition coefficient (Wildman–Crippen LogP) is 7.29. The number of ether oxygens (including phenoxy) is 2. The Kier molecular flexibility index (Phi) is 10.3. The van der Waals surface area contributed by atoms with E-state index in [2.05, 4.69) is 0 Å². The second kappa shape index (κ2) is 13.6. The van der Waals surface area contributed by atoms with Crippen molar-refractivity contribution in [3.05, 3.63) is 93.8 Å². The second-order valence-electron chi connectivity index (χ2n) is 11.2. The van der Waals surface area contributed by atoms with Gasteiger partial charge in [0.15, 0.2) is 0 Å². The molecule has 3 aromatic carbocycles. The molecule has 4 rings (SSSR count). The number of nitrogens with zero attached hydrogens (tertiary/aromatic N) is 2. The highest BCUT2D eigenvalue weighted by Crippen LogP contribution is 2.57. The molecule has 2 N–H and O–H groups in total. The molecular formula is C33H43FN2O5S. The maximum Gasteiger partial charge on any atom is 0.306 e. The van der Waals surface area contributed by atoms with Crippen molar-refractivity contribution < 1.29 is 27.8 Å². The van der Waals surface area contributed by atoms with Gasteiger partial charge in [0.25, 0.3) is 0 Å². The van der Waals surface area contributed by atoms with Crippen molar-refractivity contribution in [1.82, 2.24) is 9.21 Å². The third-order valence-electron chi connectivity index (χ3n) is 7.73. The topological polar surface area (TPSA) is 82.5 Å². The van der Waals surface area contributed by atoms with Gasteiger partial charge >= 0.3 is 5.97 Å². The maximum atomic E-state index is 14.6. The summed E-state index contributed by atoms with van der Waals surface area (Å²) in [6.07, 6.45) is 0.594. The Labute approximate surface area is 250 Å². The molecule has 0 bridgehead atoms. The normalized spacial score (nSPS) is 18.1. The number of esters is 1. The molecule has 0 saturated heterocycles. The largest absolute Gasteiger partial charge is 0.487 e. The minimum absolute atomic E-state index is 0.0985. The van der Waals surface area contributed by atoms with Crippen molar-refractivity contribution >= 4 is 16.7 Å². The molecule has 1 aliphatic heterocycles. The highest BCUT2D eigenvalue weighted by molar-refractivity contribution is 8.22. The average molecular weight is 599 g/mol. The van der Waals surface area contributed by atoms with Crippen molar-refractivity contribution in [3.63, 3.8) is 0 Å². The Morgan fingerprint density at radius 1 is 1.10 bits per heavy atom. The fourth-order valence-corrected chi connectivity index (χ4v) is 7.28. The molecule has 0 aliphatic carbocycles. The van der Waals surface area contributed by atoms with E-state index in [1.54, 1.807) is 35.5 Å². The number of hydrogen-bond donors (Lipinski definition) is 2. The van der Waals surface area contributed by atoms with Gasteiger partial charge in [-0.3, -0.25) is 13.9 Å². The molecule has 9 heteroatoms. The molecule has 0 radical (unpaired) electrons. The molecule has 228 valence electrons. The fourth-order valence-electron chi connectivity index (χ4n) is 5.66. The Bertz CT molecular complexity index is 1410. The average Bonchev–Trinajstić information content (AvgIpc) is 3.02. The number of para-hydroxylation sites is 1. The fraction of sp³-hybridized carbons (Fsp3) is 0.424. The number of halogens is 1. The molecule has 3 aromatic rings. The molecule has 42 heavy (non-hydrogen) atoms. The smallest absolute Gasteiger partial charge is 0.306 e. The highest BCUT2D eigenvalue weighted by atomic mass is 32.3. The van der Waals surface area contributed by atoms with Crippen LogP contribution in [0.2, 0.25) is 0 Å². The minimum Gasteiger partial charge on any atom is -0.487 e. The van der Waals surface area contributed by atoms with E-state index in [4.69, 9.17) is 9.47 Å². The molecule has 0 fully saturated rings. The highest BCUT2D eigenvalue weighted by Gasteiger charge is 2.35. The molecule has 1 aliphatic rings. The van der Waals surface area contributed by atoms with Crippen molar-refractivity contribution in [2.75, 3.05) is 27.2 Å². The number of carbonyl (C=O) groups is 1. The number of benzene rings is 3. The van der Waals surface area contributed by atoms with Gasteiger partial charge in [-0.05, 0) is 98.9 Å². The van der Waals surface area contributed by atoms with Crippen LogP contribution in [0.25, 0.3) is 0 Å². The standard InChI is InChI=1S/C33H43FN2O5S/c1-7-28-21-36(42(38,39)31-12-10-9-11-30(31)41-28)20-25-16-24(14-13-22(25)3)29(18-32(37)40-8-2)33-23(4)15-27(34)17-26(33)19-35(5)6/h9-17,28-29,38-39H,7-8,18-21H2,1-6H3/t28-,29?/m1/s1. The van der Waals surface area contributed by atoms with E-state index < -0.39 is 10.8 Å². The summed E-state index contributed by atoms with van der Waals surface area (Å²) in [7, 11) is 0.526. The van der Waals surface area contributed by atoms with Gasteiger partial charge < -0.3 is 14.4 Å². The summed E-state index contributed by atoms with van der Waals surface area (Å²) in [5, 5.41) is 0. The molecule has 7 nitrogen and oxygen atoms in total. The Morgan fingerprint density at radius 2 is 1.83 bits per heavy atom. The van der Waals surface area contributed by atoms with Crippen LogP contribution in [0, 0.1) is 19.7 Å². The summed E-state index contributed by atoms with van der Waals surface area (Å²) in [6.45, 7) is 9.06. The lowest BCUT2D eigenvalue weighted by Gasteiger charge is -2.42. The molecular weight excluding hydrogens is 555 g/mol. The zero-order valence-corrected chi connectivity index (χ0v) is 26.2. The first kappa shape index (κ1) is 32.0. The van der Waals surface area contributed by atoms with Crippen molar-refractivity contribution in [2.24, 2.45) is 0 Å². The van der Waals surface area contributed by atoms with Crippen LogP contribution in [0.15, 0.2) is 59.5 Å². The van der Waals surface area contributed by atoms with Gasteiger partial charge in [-0.1, -0.05) is 37.3 Å². The molecule has 0 amide bonds. The van der Waals surface area contributed by atoms with E-state index in [1.165, 1.54) is 6.07 Å². The summed E-state index contributed by atoms with van der Waals surface area (Å²) in [6, 6.07) is 16.2. The summed E-state index contributed by atoms with van der Waals surface area (Å²) in [4.78, 5) is 15.3. The number of carbonyl (C=O) groups excluding carboxylic acids is 1. The van der Waals surface area contributed by atoms with Crippen LogP contribution in [0.3, 0.4) is 0 Å². The van der Waals surface area contributed by atoms with E-state index in [9.17, 15) is 18.3 Å². The Hall–Kier alpha value is -2.95. The number of aryl methyl sites for hydroxylation is 2.